The van der Waals surface area contributed by atoms with E-state index in [4.69, 9.17) is 16.3 Å². The van der Waals surface area contributed by atoms with E-state index in [1.54, 1.807) is 7.11 Å². The highest BCUT2D eigenvalue weighted by Gasteiger charge is 2.09. The van der Waals surface area contributed by atoms with Crippen LogP contribution in [0.1, 0.15) is 5.82 Å². The molecule has 0 aliphatic heterocycles. The number of hydrogen-bond acceptors (Lipinski definition) is 3. The maximum atomic E-state index is 6.11. The standard InChI is InChI=1S/C12H14ClN3O/c1-14-7-10-15-11(12(13)16-10)8-3-5-9(17-2)6-4-8/h3-6,14H,7H2,1-2H3,(H,15,16). The Balaban J connectivity index is 2.31. The summed E-state index contributed by atoms with van der Waals surface area (Å²) in [5.74, 6) is 1.64. The topological polar surface area (TPSA) is 49.9 Å². The van der Waals surface area contributed by atoms with Gasteiger partial charge in [-0.1, -0.05) is 11.6 Å². The molecule has 0 saturated carbocycles. The van der Waals surface area contributed by atoms with Crippen LogP contribution >= 0.6 is 11.6 Å². The fourth-order valence-electron chi connectivity index (χ4n) is 1.59. The zero-order valence-electron chi connectivity index (χ0n) is 9.75. The van der Waals surface area contributed by atoms with Crippen molar-refractivity contribution in [2.75, 3.05) is 14.2 Å². The highest BCUT2D eigenvalue weighted by molar-refractivity contribution is 6.31. The van der Waals surface area contributed by atoms with Crippen LogP contribution in [0, 0.1) is 0 Å². The van der Waals surface area contributed by atoms with E-state index in [1.807, 2.05) is 31.3 Å². The van der Waals surface area contributed by atoms with Crippen LogP contribution in [0.5, 0.6) is 5.75 Å². The van der Waals surface area contributed by atoms with Gasteiger partial charge in [-0.05, 0) is 31.3 Å². The molecular weight excluding hydrogens is 238 g/mol. The predicted octanol–water partition coefficient (Wildman–Crippen LogP) is 2.46. The van der Waals surface area contributed by atoms with Crippen molar-refractivity contribution in [1.29, 1.82) is 0 Å². The first kappa shape index (κ1) is 12.0. The highest BCUT2D eigenvalue weighted by atomic mass is 35.5. The zero-order chi connectivity index (χ0) is 12.3. The molecule has 0 radical (unpaired) electrons. The van der Waals surface area contributed by atoms with Gasteiger partial charge < -0.3 is 15.0 Å². The molecule has 0 saturated heterocycles. The number of ether oxygens (including phenoxy) is 1. The number of imidazole rings is 1. The first-order valence-corrected chi connectivity index (χ1v) is 5.66. The fourth-order valence-corrected chi connectivity index (χ4v) is 1.85. The van der Waals surface area contributed by atoms with Crippen molar-refractivity contribution in [2.45, 2.75) is 6.54 Å². The lowest BCUT2D eigenvalue weighted by Crippen LogP contribution is -2.06. The molecule has 1 heterocycles. The minimum atomic E-state index is 0.556. The Bertz CT molecular complexity index is 493. The van der Waals surface area contributed by atoms with Crippen LogP contribution in [0.25, 0.3) is 11.3 Å². The molecule has 1 aromatic heterocycles. The molecule has 1 aromatic carbocycles. The molecule has 0 unspecified atom stereocenters. The number of H-pyrrole nitrogens is 1. The summed E-state index contributed by atoms with van der Waals surface area (Å²) >= 11 is 6.11. The summed E-state index contributed by atoms with van der Waals surface area (Å²) < 4.78 is 5.11. The maximum absolute atomic E-state index is 6.11. The minimum Gasteiger partial charge on any atom is -0.497 e. The molecule has 90 valence electrons. The number of aromatic amines is 1. The van der Waals surface area contributed by atoms with Crippen molar-refractivity contribution in [3.8, 4) is 17.0 Å². The molecule has 2 N–H and O–H groups in total. The molecule has 5 heteroatoms. The highest BCUT2D eigenvalue weighted by Crippen LogP contribution is 2.27. The van der Waals surface area contributed by atoms with E-state index in [-0.39, 0.29) is 0 Å². The average Bonchev–Trinajstić information content (AvgIpc) is 2.71. The number of hydrogen-bond donors (Lipinski definition) is 2. The van der Waals surface area contributed by atoms with Gasteiger partial charge in [0.2, 0.25) is 0 Å². The van der Waals surface area contributed by atoms with Gasteiger partial charge in [0, 0.05) is 5.56 Å². The third kappa shape index (κ3) is 2.60. The van der Waals surface area contributed by atoms with Crippen LogP contribution in [0.4, 0.5) is 0 Å². The van der Waals surface area contributed by atoms with Crippen LogP contribution in [0.2, 0.25) is 5.15 Å². The van der Waals surface area contributed by atoms with Crippen LogP contribution < -0.4 is 10.1 Å². The number of methoxy groups -OCH3 is 1. The van der Waals surface area contributed by atoms with Crippen molar-refractivity contribution >= 4 is 11.6 Å². The molecule has 0 aliphatic rings. The minimum absolute atomic E-state index is 0.556. The SMILES string of the molecule is CNCc1nc(-c2ccc(OC)cc2)c(Cl)[nH]1. The number of halogens is 1. The number of rotatable bonds is 4. The second-order valence-electron chi connectivity index (χ2n) is 3.60. The third-order valence-electron chi connectivity index (χ3n) is 2.42. The summed E-state index contributed by atoms with van der Waals surface area (Å²) in [6.07, 6.45) is 0. The summed E-state index contributed by atoms with van der Waals surface area (Å²) in [5, 5.41) is 3.58. The number of nitrogens with zero attached hydrogens (tertiary/aromatic N) is 1. The van der Waals surface area contributed by atoms with Gasteiger partial charge in [0.05, 0.1) is 13.7 Å². The molecule has 2 rings (SSSR count). The first-order chi connectivity index (χ1) is 8.24. The molecular formula is C12H14ClN3O. The average molecular weight is 252 g/mol. The van der Waals surface area contributed by atoms with Gasteiger partial charge in [-0.2, -0.15) is 0 Å². The number of benzene rings is 1. The van der Waals surface area contributed by atoms with E-state index < -0.39 is 0 Å². The van der Waals surface area contributed by atoms with Gasteiger partial charge >= 0.3 is 0 Å². The normalized spacial score (nSPS) is 10.5. The van der Waals surface area contributed by atoms with Crippen molar-refractivity contribution in [2.24, 2.45) is 0 Å². The van der Waals surface area contributed by atoms with Gasteiger partial charge in [0.25, 0.3) is 0 Å². The molecule has 0 fully saturated rings. The van der Waals surface area contributed by atoms with E-state index >= 15 is 0 Å². The molecule has 17 heavy (non-hydrogen) atoms. The van der Waals surface area contributed by atoms with Crippen LogP contribution in [-0.2, 0) is 6.54 Å². The quantitative estimate of drug-likeness (QED) is 0.878. The van der Waals surface area contributed by atoms with Gasteiger partial charge in [0.1, 0.15) is 22.4 Å². The first-order valence-electron chi connectivity index (χ1n) is 5.28. The summed E-state index contributed by atoms with van der Waals surface area (Å²) in [6, 6.07) is 7.64. The molecule has 0 atom stereocenters. The van der Waals surface area contributed by atoms with Crippen molar-refractivity contribution in [1.82, 2.24) is 15.3 Å². The van der Waals surface area contributed by atoms with Crippen molar-refractivity contribution in [3.63, 3.8) is 0 Å². The summed E-state index contributed by atoms with van der Waals surface area (Å²) in [4.78, 5) is 7.47. The Morgan fingerprint density at radius 3 is 2.65 bits per heavy atom. The Morgan fingerprint density at radius 1 is 1.35 bits per heavy atom. The van der Waals surface area contributed by atoms with Gasteiger partial charge in [0.15, 0.2) is 0 Å². The molecule has 0 aliphatic carbocycles. The fraction of sp³-hybridized carbons (Fsp3) is 0.250. The molecule has 0 bridgehead atoms. The van der Waals surface area contributed by atoms with Crippen LogP contribution in [0.3, 0.4) is 0 Å². The Kier molecular flexibility index (Phi) is 3.66. The van der Waals surface area contributed by atoms with Crippen LogP contribution in [-0.4, -0.2) is 24.1 Å². The van der Waals surface area contributed by atoms with Crippen molar-refractivity contribution in [3.05, 3.63) is 35.2 Å². The van der Waals surface area contributed by atoms with E-state index in [1.165, 1.54) is 0 Å². The molecule has 4 nitrogen and oxygen atoms in total. The summed E-state index contributed by atoms with van der Waals surface area (Å²) in [7, 11) is 3.50. The van der Waals surface area contributed by atoms with E-state index in [2.05, 4.69) is 15.3 Å². The van der Waals surface area contributed by atoms with Gasteiger partial charge in [-0.25, -0.2) is 4.98 Å². The number of nitrogens with one attached hydrogen (secondary N) is 2. The predicted molar refractivity (Wildman–Crippen MR) is 68.3 cm³/mol. The summed E-state index contributed by atoms with van der Waals surface area (Å²) in [5.41, 5.74) is 1.73. The molecule has 0 amide bonds. The lowest BCUT2D eigenvalue weighted by molar-refractivity contribution is 0.415. The van der Waals surface area contributed by atoms with Crippen LogP contribution in [0.15, 0.2) is 24.3 Å². The number of aromatic nitrogens is 2. The lowest BCUT2D eigenvalue weighted by atomic mass is 10.2. The molecule has 2 aromatic rings. The van der Waals surface area contributed by atoms with E-state index in [9.17, 15) is 0 Å². The van der Waals surface area contributed by atoms with E-state index in [0.717, 1.165) is 22.8 Å². The Labute approximate surface area is 105 Å². The molecule has 0 spiro atoms. The second kappa shape index (κ2) is 5.21. The maximum Gasteiger partial charge on any atom is 0.134 e. The second-order valence-corrected chi connectivity index (χ2v) is 3.98. The Hall–Kier alpha value is -1.52. The third-order valence-corrected chi connectivity index (χ3v) is 2.69. The van der Waals surface area contributed by atoms with Gasteiger partial charge in [-0.3, -0.25) is 0 Å². The summed E-state index contributed by atoms with van der Waals surface area (Å²) in [6.45, 7) is 0.663. The Morgan fingerprint density at radius 2 is 2.06 bits per heavy atom. The van der Waals surface area contributed by atoms with Gasteiger partial charge in [-0.15, -0.1) is 0 Å². The smallest absolute Gasteiger partial charge is 0.134 e. The monoisotopic (exact) mass is 251 g/mol. The lowest BCUT2D eigenvalue weighted by Gasteiger charge is -2.01. The zero-order valence-corrected chi connectivity index (χ0v) is 10.5. The van der Waals surface area contributed by atoms with E-state index in [0.29, 0.717) is 11.7 Å². The largest absolute Gasteiger partial charge is 0.497 e. The van der Waals surface area contributed by atoms with Crippen molar-refractivity contribution < 1.29 is 4.74 Å².